The van der Waals surface area contributed by atoms with E-state index in [0.717, 1.165) is 33.5 Å². The van der Waals surface area contributed by atoms with E-state index in [1.54, 1.807) is 12.0 Å². The molecule has 3 aromatic rings. The van der Waals surface area contributed by atoms with Gasteiger partial charge in [0, 0.05) is 23.0 Å². The molecule has 0 radical (unpaired) electrons. The van der Waals surface area contributed by atoms with Gasteiger partial charge in [-0.1, -0.05) is 30.3 Å². The highest BCUT2D eigenvalue weighted by atomic mass is 16.5. The highest BCUT2D eigenvalue weighted by Gasteiger charge is 2.47. The highest BCUT2D eigenvalue weighted by molar-refractivity contribution is 6.05. The molecule has 1 atom stereocenters. The van der Waals surface area contributed by atoms with E-state index in [1.165, 1.54) is 4.90 Å². The van der Waals surface area contributed by atoms with Gasteiger partial charge in [-0.3, -0.25) is 9.69 Å². The second kappa shape index (κ2) is 5.87. The van der Waals surface area contributed by atoms with Gasteiger partial charge in [0.05, 0.1) is 20.2 Å². The number of imide groups is 1. The maximum absolute atomic E-state index is 13.0. The number of carbonyl (C=O) groups excluding carboxylic acids is 2. The number of hydrogen-bond acceptors (Lipinski definition) is 3. The third-order valence-electron chi connectivity index (χ3n) is 5.52. The molecular formula is C21H19N3O3. The number of hydrogen-bond donors (Lipinski definition) is 1. The zero-order valence-electron chi connectivity index (χ0n) is 14.9. The minimum atomic E-state index is -0.432. The predicted molar refractivity (Wildman–Crippen MR) is 100 cm³/mol. The Balaban J connectivity index is 1.48. The molecule has 3 amide bonds. The Morgan fingerprint density at radius 1 is 1.15 bits per heavy atom. The average molecular weight is 361 g/mol. The fraction of sp³-hybridized carbons (Fsp3) is 0.238. The Labute approximate surface area is 156 Å². The number of amides is 3. The van der Waals surface area contributed by atoms with Gasteiger partial charge in [0.25, 0.3) is 5.91 Å². The van der Waals surface area contributed by atoms with Gasteiger partial charge in [0.1, 0.15) is 11.8 Å². The van der Waals surface area contributed by atoms with E-state index in [0.29, 0.717) is 19.5 Å². The summed E-state index contributed by atoms with van der Waals surface area (Å²) in [6, 6.07) is 14.8. The third kappa shape index (κ3) is 2.40. The Morgan fingerprint density at radius 2 is 1.96 bits per heavy atom. The van der Waals surface area contributed by atoms with Gasteiger partial charge in [-0.05, 0) is 29.3 Å². The van der Waals surface area contributed by atoms with Gasteiger partial charge in [-0.25, -0.2) is 4.79 Å². The quantitative estimate of drug-likeness (QED) is 0.729. The summed E-state index contributed by atoms with van der Waals surface area (Å²) in [5.41, 5.74) is 4.06. The van der Waals surface area contributed by atoms with Crippen molar-refractivity contribution in [1.82, 2.24) is 14.8 Å². The molecular weight excluding hydrogens is 342 g/mol. The second-order valence-corrected chi connectivity index (χ2v) is 7.03. The van der Waals surface area contributed by atoms with Crippen LogP contribution in [0.25, 0.3) is 10.9 Å². The van der Waals surface area contributed by atoms with Gasteiger partial charge in [0.15, 0.2) is 0 Å². The van der Waals surface area contributed by atoms with Gasteiger partial charge < -0.3 is 14.6 Å². The molecule has 6 nitrogen and oxygen atoms in total. The Kier molecular flexibility index (Phi) is 3.47. The summed E-state index contributed by atoms with van der Waals surface area (Å²) in [7, 11) is 1.64. The van der Waals surface area contributed by atoms with Crippen LogP contribution < -0.4 is 4.74 Å². The number of urea groups is 1. The number of aromatic amines is 1. The number of rotatable bonds is 3. The van der Waals surface area contributed by atoms with Crippen molar-refractivity contribution in [2.24, 2.45) is 0 Å². The summed E-state index contributed by atoms with van der Waals surface area (Å²) in [4.78, 5) is 32.3. The second-order valence-electron chi connectivity index (χ2n) is 7.03. The highest BCUT2D eigenvalue weighted by Crippen LogP contribution is 2.35. The summed E-state index contributed by atoms with van der Waals surface area (Å²) in [5, 5.41) is 1.06. The molecule has 2 aliphatic heterocycles. The fourth-order valence-electron chi connectivity index (χ4n) is 4.12. The van der Waals surface area contributed by atoms with E-state index in [4.69, 9.17) is 4.74 Å². The number of fused-ring (bicyclic) bond motifs is 4. The van der Waals surface area contributed by atoms with Crippen molar-refractivity contribution >= 4 is 22.8 Å². The first kappa shape index (κ1) is 15.9. The molecule has 1 unspecified atom stereocenters. The van der Waals surface area contributed by atoms with Crippen LogP contribution in [-0.4, -0.2) is 39.9 Å². The smallest absolute Gasteiger partial charge is 0.328 e. The van der Waals surface area contributed by atoms with Crippen molar-refractivity contribution in [3.8, 4) is 5.75 Å². The van der Waals surface area contributed by atoms with Crippen molar-refractivity contribution in [3.63, 3.8) is 0 Å². The monoisotopic (exact) mass is 361 g/mol. The van der Waals surface area contributed by atoms with E-state index < -0.39 is 6.04 Å². The SMILES string of the molecule is COc1ccc2[nH]c3c(c2c1)CC1C(=O)N(Cc2ccccc2)C(=O)N1C3. The molecule has 1 aromatic heterocycles. The largest absolute Gasteiger partial charge is 0.497 e. The van der Waals surface area contributed by atoms with Crippen molar-refractivity contribution < 1.29 is 14.3 Å². The molecule has 0 bridgehead atoms. The minimum Gasteiger partial charge on any atom is -0.497 e. The molecule has 1 saturated heterocycles. The fourth-order valence-corrected chi connectivity index (χ4v) is 4.12. The molecule has 3 heterocycles. The molecule has 136 valence electrons. The molecule has 1 N–H and O–H groups in total. The first-order valence-electron chi connectivity index (χ1n) is 8.99. The molecule has 2 aromatic carbocycles. The third-order valence-corrected chi connectivity index (χ3v) is 5.52. The lowest BCUT2D eigenvalue weighted by Crippen LogP contribution is -2.39. The maximum Gasteiger partial charge on any atom is 0.328 e. The number of nitrogens with one attached hydrogen (secondary N) is 1. The molecule has 1 fully saturated rings. The maximum atomic E-state index is 13.0. The van der Waals surface area contributed by atoms with Gasteiger partial charge in [-0.2, -0.15) is 0 Å². The first-order chi connectivity index (χ1) is 13.2. The van der Waals surface area contributed by atoms with Crippen molar-refractivity contribution in [3.05, 3.63) is 65.4 Å². The van der Waals surface area contributed by atoms with Crippen LogP contribution in [0.2, 0.25) is 0 Å². The lowest BCUT2D eigenvalue weighted by Gasteiger charge is -2.26. The lowest BCUT2D eigenvalue weighted by atomic mass is 9.97. The number of ether oxygens (including phenoxy) is 1. The number of H-pyrrole nitrogens is 1. The van der Waals surface area contributed by atoms with E-state index in [2.05, 4.69) is 4.98 Å². The normalized spacial score (nSPS) is 18.8. The molecule has 2 aliphatic rings. The van der Waals surface area contributed by atoms with E-state index in [-0.39, 0.29) is 11.9 Å². The number of carbonyl (C=O) groups is 2. The van der Waals surface area contributed by atoms with Crippen LogP contribution in [0.4, 0.5) is 4.79 Å². The van der Waals surface area contributed by atoms with Crippen LogP contribution in [0.1, 0.15) is 16.8 Å². The van der Waals surface area contributed by atoms with Gasteiger partial charge in [0.2, 0.25) is 0 Å². The Morgan fingerprint density at radius 3 is 2.74 bits per heavy atom. The van der Waals surface area contributed by atoms with Crippen molar-refractivity contribution in [2.75, 3.05) is 7.11 Å². The summed E-state index contributed by atoms with van der Waals surface area (Å²) in [5.74, 6) is 0.665. The van der Waals surface area contributed by atoms with Gasteiger partial charge >= 0.3 is 6.03 Å². The molecule has 0 spiro atoms. The van der Waals surface area contributed by atoms with Crippen LogP contribution in [0.15, 0.2) is 48.5 Å². The minimum absolute atomic E-state index is 0.119. The van der Waals surface area contributed by atoms with Crippen LogP contribution >= 0.6 is 0 Å². The van der Waals surface area contributed by atoms with E-state index in [9.17, 15) is 9.59 Å². The van der Waals surface area contributed by atoms with Crippen LogP contribution in [0.5, 0.6) is 5.75 Å². The summed E-state index contributed by atoms with van der Waals surface area (Å²) >= 11 is 0. The number of nitrogens with zero attached hydrogens (tertiary/aromatic N) is 2. The van der Waals surface area contributed by atoms with E-state index in [1.807, 2.05) is 48.5 Å². The molecule has 6 heteroatoms. The van der Waals surface area contributed by atoms with Crippen molar-refractivity contribution in [2.45, 2.75) is 25.6 Å². The number of methoxy groups -OCH3 is 1. The molecule has 0 aliphatic carbocycles. The van der Waals surface area contributed by atoms with Crippen molar-refractivity contribution in [1.29, 1.82) is 0 Å². The van der Waals surface area contributed by atoms with Crippen LogP contribution in [-0.2, 0) is 24.3 Å². The zero-order chi connectivity index (χ0) is 18.5. The predicted octanol–water partition coefficient (Wildman–Crippen LogP) is 3.07. The summed E-state index contributed by atoms with van der Waals surface area (Å²) in [6.07, 6.45) is 0.526. The Bertz CT molecular complexity index is 1060. The molecule has 0 saturated carbocycles. The molecule has 27 heavy (non-hydrogen) atoms. The van der Waals surface area contributed by atoms with Crippen LogP contribution in [0, 0.1) is 0 Å². The average Bonchev–Trinajstić information content (AvgIpc) is 3.17. The Hall–Kier alpha value is -3.28. The summed E-state index contributed by atoms with van der Waals surface area (Å²) in [6.45, 7) is 0.737. The lowest BCUT2D eigenvalue weighted by molar-refractivity contribution is -0.128. The van der Waals surface area contributed by atoms with E-state index >= 15 is 0 Å². The number of aromatic nitrogens is 1. The topological polar surface area (TPSA) is 65.6 Å². The van der Waals surface area contributed by atoms with Crippen LogP contribution in [0.3, 0.4) is 0 Å². The molecule has 5 rings (SSSR count). The zero-order valence-corrected chi connectivity index (χ0v) is 14.9. The van der Waals surface area contributed by atoms with Gasteiger partial charge in [-0.15, -0.1) is 0 Å². The summed E-state index contributed by atoms with van der Waals surface area (Å²) < 4.78 is 5.34. The standard InChI is InChI=1S/C21H19N3O3/c1-27-14-7-8-17-15(9-14)16-10-19-20(25)24(11-13-5-3-2-4-6-13)21(26)23(19)12-18(16)22-17/h2-9,19,22H,10-12H2,1H3. The first-order valence-corrected chi connectivity index (χ1v) is 8.99. The number of benzene rings is 2.